The lowest BCUT2D eigenvalue weighted by atomic mass is 10.8. The minimum atomic E-state index is -3.50. The van der Waals surface area contributed by atoms with Crippen molar-refractivity contribution in [2.45, 2.75) is 13.5 Å². The van der Waals surface area contributed by atoms with Crippen LogP contribution >= 0.6 is 19.8 Å². The molecule has 0 radical (unpaired) electrons. The van der Waals surface area contributed by atoms with Gasteiger partial charge in [0.05, 0.1) is 19.3 Å². The summed E-state index contributed by atoms with van der Waals surface area (Å²) in [4.78, 5) is 9.24. The van der Waals surface area contributed by atoms with Gasteiger partial charge in [0, 0.05) is 0 Å². The fourth-order valence-corrected chi connectivity index (χ4v) is 2.01. The molecule has 0 aliphatic carbocycles. The number of hydrogen-bond acceptors (Lipinski definition) is 5. The number of tetrazole rings is 1. The Morgan fingerprint density at radius 3 is 3.00 bits per heavy atom. The van der Waals surface area contributed by atoms with E-state index in [1.807, 2.05) is 0 Å². The molecule has 1 rings (SSSR count). The van der Waals surface area contributed by atoms with Crippen LogP contribution in [0.15, 0.2) is 0 Å². The van der Waals surface area contributed by atoms with Gasteiger partial charge in [-0.3, -0.25) is 4.57 Å². The van der Waals surface area contributed by atoms with Crippen LogP contribution in [-0.2, 0) is 15.6 Å². The highest BCUT2D eigenvalue weighted by Crippen LogP contribution is 2.41. The van der Waals surface area contributed by atoms with Crippen LogP contribution in [-0.4, -0.2) is 37.9 Å². The van der Waals surface area contributed by atoms with Crippen LogP contribution in [0.4, 0.5) is 0 Å². The lowest BCUT2D eigenvalue weighted by molar-refractivity contribution is 0.271. The van der Waals surface area contributed by atoms with Crippen LogP contribution in [0.25, 0.3) is 0 Å². The smallest absolute Gasteiger partial charge is 0.324 e. The van der Waals surface area contributed by atoms with Crippen LogP contribution in [0.2, 0.25) is 0 Å². The van der Waals surface area contributed by atoms with Gasteiger partial charge >= 0.3 is 7.60 Å². The van der Waals surface area contributed by atoms with Gasteiger partial charge in [0.15, 0.2) is 0 Å². The minimum Gasteiger partial charge on any atom is -0.324 e. The van der Waals surface area contributed by atoms with Crippen molar-refractivity contribution in [3.8, 4) is 0 Å². The second-order valence-corrected chi connectivity index (χ2v) is 4.86. The number of nitrogens with one attached hydrogen (secondary N) is 1. The van der Waals surface area contributed by atoms with Crippen molar-refractivity contribution in [2.75, 3.05) is 12.8 Å². The van der Waals surface area contributed by atoms with Crippen LogP contribution in [0, 0.1) is 4.77 Å². The van der Waals surface area contributed by atoms with Gasteiger partial charge in [0.1, 0.15) is 0 Å². The number of aromatic amines is 1. The number of rotatable bonds is 5. The lowest BCUT2D eigenvalue weighted by Crippen LogP contribution is -2.06. The number of H-pyrrole nitrogens is 1. The predicted octanol–water partition coefficient (Wildman–Crippen LogP) is 0.558. The SMILES string of the molecule is CCOP(=O)(O)CCn1[nH]nnc1=S. The van der Waals surface area contributed by atoms with E-state index in [1.54, 1.807) is 6.92 Å². The Kier molecular flexibility index (Phi) is 3.94. The van der Waals surface area contributed by atoms with Gasteiger partial charge in [-0.25, -0.2) is 4.68 Å². The molecule has 1 aromatic rings. The molecule has 1 unspecified atom stereocenters. The van der Waals surface area contributed by atoms with Crippen molar-refractivity contribution in [2.24, 2.45) is 0 Å². The van der Waals surface area contributed by atoms with E-state index in [0.717, 1.165) is 0 Å². The Bertz CT molecular complexity index is 388. The van der Waals surface area contributed by atoms with Crippen molar-refractivity contribution in [1.29, 1.82) is 0 Å². The molecule has 0 fully saturated rings. The minimum absolute atomic E-state index is 0.0149. The summed E-state index contributed by atoms with van der Waals surface area (Å²) >= 11 is 4.78. The molecule has 0 aliphatic rings. The molecular formula is C5H11N4O3PS. The number of aryl methyl sites for hydroxylation is 1. The third kappa shape index (κ3) is 3.30. The summed E-state index contributed by atoms with van der Waals surface area (Å²) < 4.78 is 17.6. The highest BCUT2D eigenvalue weighted by atomic mass is 32.1. The zero-order chi connectivity index (χ0) is 10.6. The third-order valence-electron chi connectivity index (χ3n) is 1.47. The van der Waals surface area contributed by atoms with Gasteiger partial charge in [-0.05, 0) is 19.1 Å². The molecule has 80 valence electrons. The molecule has 0 amide bonds. The summed E-state index contributed by atoms with van der Waals surface area (Å²) in [7, 11) is -3.50. The van der Waals surface area contributed by atoms with Crippen molar-refractivity contribution >= 4 is 19.8 Å². The summed E-state index contributed by atoms with van der Waals surface area (Å²) in [6, 6.07) is 0. The molecule has 9 heteroatoms. The molecule has 0 aliphatic heterocycles. The maximum Gasteiger partial charge on any atom is 0.329 e. The third-order valence-corrected chi connectivity index (χ3v) is 3.20. The number of hydrogen-bond donors (Lipinski definition) is 2. The maximum absolute atomic E-state index is 11.3. The van der Waals surface area contributed by atoms with Gasteiger partial charge in [-0.2, -0.15) is 5.21 Å². The fourth-order valence-electron chi connectivity index (χ4n) is 0.854. The molecule has 7 nitrogen and oxygen atoms in total. The van der Waals surface area contributed by atoms with E-state index < -0.39 is 7.60 Å². The maximum atomic E-state index is 11.3. The molecule has 0 saturated carbocycles. The molecule has 1 heterocycles. The van der Waals surface area contributed by atoms with E-state index in [2.05, 4.69) is 20.0 Å². The van der Waals surface area contributed by atoms with Crippen LogP contribution in [0.1, 0.15) is 6.92 Å². The van der Waals surface area contributed by atoms with E-state index in [0.29, 0.717) is 0 Å². The Labute approximate surface area is 85.6 Å². The molecule has 0 saturated heterocycles. The van der Waals surface area contributed by atoms with Crippen LogP contribution in [0.5, 0.6) is 0 Å². The van der Waals surface area contributed by atoms with Gasteiger partial charge in [0.2, 0.25) is 4.77 Å². The van der Waals surface area contributed by atoms with Crippen molar-refractivity contribution in [3.63, 3.8) is 0 Å². The largest absolute Gasteiger partial charge is 0.329 e. The zero-order valence-corrected chi connectivity index (χ0v) is 9.29. The van der Waals surface area contributed by atoms with Crippen LogP contribution in [0.3, 0.4) is 0 Å². The van der Waals surface area contributed by atoms with Crippen molar-refractivity contribution in [1.82, 2.24) is 20.2 Å². The van der Waals surface area contributed by atoms with Crippen molar-refractivity contribution in [3.05, 3.63) is 4.77 Å². The van der Waals surface area contributed by atoms with Crippen LogP contribution < -0.4 is 0 Å². The molecule has 0 aromatic carbocycles. The molecule has 0 spiro atoms. The van der Waals surface area contributed by atoms with Crippen molar-refractivity contribution < 1.29 is 14.0 Å². The van der Waals surface area contributed by atoms with Gasteiger partial charge in [0.25, 0.3) is 0 Å². The monoisotopic (exact) mass is 238 g/mol. The normalized spacial score (nSPS) is 15.3. The molecule has 1 atom stereocenters. The molecule has 14 heavy (non-hydrogen) atoms. The summed E-state index contributed by atoms with van der Waals surface area (Å²) in [6.45, 7) is 2.10. The second-order valence-electron chi connectivity index (χ2n) is 2.51. The van der Waals surface area contributed by atoms with E-state index in [9.17, 15) is 9.46 Å². The first-order valence-electron chi connectivity index (χ1n) is 3.99. The topological polar surface area (TPSA) is 93.0 Å². The summed E-state index contributed by atoms with van der Waals surface area (Å²) in [5.41, 5.74) is 0. The second kappa shape index (κ2) is 4.79. The first kappa shape index (κ1) is 11.5. The highest BCUT2D eigenvalue weighted by molar-refractivity contribution is 7.71. The number of nitrogens with zero attached hydrogens (tertiary/aromatic N) is 3. The average molecular weight is 238 g/mol. The quantitative estimate of drug-likeness (QED) is 0.575. The standard InChI is InChI=1S/C5H11N4O3PS/c1-2-12-13(10,11)4-3-9-5(14)6-7-8-9/h2-4H2,1H3,(H,10,11)(H,6,8,14). The summed E-state index contributed by atoms with van der Waals surface area (Å²) in [5.74, 6) is 0. The first-order valence-corrected chi connectivity index (χ1v) is 6.16. The zero-order valence-electron chi connectivity index (χ0n) is 7.58. The average Bonchev–Trinajstić information content (AvgIpc) is 2.48. The molecule has 2 N–H and O–H groups in total. The predicted molar refractivity (Wildman–Crippen MR) is 51.5 cm³/mol. The van der Waals surface area contributed by atoms with E-state index in [4.69, 9.17) is 12.2 Å². The summed E-state index contributed by atoms with van der Waals surface area (Å²) in [5, 5.41) is 9.45. The van der Waals surface area contributed by atoms with E-state index in [1.165, 1.54) is 4.68 Å². The number of aromatic nitrogens is 4. The van der Waals surface area contributed by atoms with Gasteiger partial charge in [-0.1, -0.05) is 10.3 Å². The Morgan fingerprint density at radius 1 is 1.79 bits per heavy atom. The van der Waals surface area contributed by atoms with E-state index >= 15 is 0 Å². The van der Waals surface area contributed by atoms with Gasteiger partial charge in [-0.15, -0.1) is 0 Å². The Balaban J connectivity index is 2.53. The molecule has 1 aromatic heterocycles. The van der Waals surface area contributed by atoms with E-state index in [-0.39, 0.29) is 24.1 Å². The van der Waals surface area contributed by atoms with Gasteiger partial charge < -0.3 is 9.42 Å². The Morgan fingerprint density at radius 2 is 2.50 bits per heavy atom. The lowest BCUT2D eigenvalue weighted by Gasteiger charge is -2.09. The molecular weight excluding hydrogens is 227 g/mol. The first-order chi connectivity index (χ1) is 6.55. The molecule has 0 bridgehead atoms. The fraction of sp³-hybridized carbons (Fsp3) is 0.800. The Hall–Kier alpha value is -0.560. The highest BCUT2D eigenvalue weighted by Gasteiger charge is 2.18. The summed E-state index contributed by atoms with van der Waals surface area (Å²) in [6.07, 6.45) is -0.0149.